The molecule has 118 valence electrons. The molecule has 0 radical (unpaired) electrons. The Kier molecular flexibility index (Phi) is 5.48. The van der Waals surface area contributed by atoms with Crippen LogP contribution in [0, 0.1) is 11.7 Å². The number of sulfonamides is 1. The van der Waals surface area contributed by atoms with Gasteiger partial charge in [0.2, 0.25) is 10.0 Å². The molecular weight excluding hydrogens is 338 g/mol. The van der Waals surface area contributed by atoms with E-state index in [1.807, 2.05) is 0 Å². The fourth-order valence-electron chi connectivity index (χ4n) is 2.74. The van der Waals surface area contributed by atoms with Gasteiger partial charge in [0.25, 0.3) is 0 Å². The van der Waals surface area contributed by atoms with Crippen LogP contribution in [-0.4, -0.2) is 21.0 Å². The molecule has 1 aromatic carbocycles. The molecule has 2 rings (SSSR count). The van der Waals surface area contributed by atoms with E-state index in [1.54, 1.807) is 0 Å². The summed E-state index contributed by atoms with van der Waals surface area (Å²) in [6, 6.07) is 1.49. The van der Waals surface area contributed by atoms with Gasteiger partial charge in [0.15, 0.2) is 0 Å². The second kappa shape index (κ2) is 6.79. The molecule has 0 saturated heterocycles. The van der Waals surface area contributed by atoms with Crippen LogP contribution in [0.3, 0.4) is 0 Å². The summed E-state index contributed by atoms with van der Waals surface area (Å²) in [5.74, 6) is -0.474. The van der Waals surface area contributed by atoms with Crippen molar-refractivity contribution in [3.63, 3.8) is 0 Å². The summed E-state index contributed by atoms with van der Waals surface area (Å²) in [5.41, 5.74) is 5.69. The molecule has 1 saturated carbocycles. The van der Waals surface area contributed by atoms with E-state index in [1.165, 1.54) is 0 Å². The first-order valence-electron chi connectivity index (χ1n) is 6.72. The fraction of sp³-hybridized carbons (Fsp3) is 0.538. The van der Waals surface area contributed by atoms with Crippen molar-refractivity contribution >= 4 is 33.2 Å². The quantitative estimate of drug-likeness (QED) is 0.853. The number of rotatable bonds is 5. The Morgan fingerprint density at radius 3 is 2.29 bits per heavy atom. The van der Waals surface area contributed by atoms with Gasteiger partial charge in [-0.3, -0.25) is 0 Å². The average molecular weight is 355 g/mol. The van der Waals surface area contributed by atoms with Crippen LogP contribution in [0.15, 0.2) is 17.0 Å². The number of hydrogen-bond donors (Lipinski definition) is 2. The van der Waals surface area contributed by atoms with Crippen LogP contribution >= 0.6 is 23.2 Å². The molecule has 0 heterocycles. The zero-order valence-electron chi connectivity index (χ0n) is 11.3. The summed E-state index contributed by atoms with van der Waals surface area (Å²) in [6.45, 7) is 0.195. The highest BCUT2D eigenvalue weighted by molar-refractivity contribution is 7.89. The smallest absolute Gasteiger partial charge is 0.243 e. The van der Waals surface area contributed by atoms with E-state index in [0.717, 1.165) is 37.8 Å². The van der Waals surface area contributed by atoms with E-state index < -0.39 is 15.8 Å². The third kappa shape index (κ3) is 3.87. The summed E-state index contributed by atoms with van der Waals surface area (Å²) in [6.07, 6.45) is 4.02. The van der Waals surface area contributed by atoms with E-state index in [9.17, 15) is 12.8 Å². The fourth-order valence-corrected chi connectivity index (χ4v) is 5.25. The van der Waals surface area contributed by atoms with E-state index >= 15 is 0 Å². The van der Waals surface area contributed by atoms with E-state index in [2.05, 4.69) is 4.72 Å². The number of halogens is 3. The van der Waals surface area contributed by atoms with Crippen molar-refractivity contribution in [3.05, 3.63) is 28.0 Å². The van der Waals surface area contributed by atoms with Crippen molar-refractivity contribution < 1.29 is 12.8 Å². The number of nitrogens with two attached hydrogens (primary N) is 1. The Morgan fingerprint density at radius 1 is 1.29 bits per heavy atom. The topological polar surface area (TPSA) is 72.2 Å². The van der Waals surface area contributed by atoms with E-state index in [0.29, 0.717) is 0 Å². The van der Waals surface area contributed by atoms with Gasteiger partial charge in [0.1, 0.15) is 10.7 Å². The van der Waals surface area contributed by atoms with Crippen LogP contribution in [0.4, 0.5) is 4.39 Å². The minimum absolute atomic E-state index is 0.195. The molecule has 8 heteroatoms. The van der Waals surface area contributed by atoms with Crippen molar-refractivity contribution in [3.8, 4) is 0 Å². The van der Waals surface area contributed by atoms with Gasteiger partial charge in [-0.1, -0.05) is 36.0 Å². The molecule has 1 aliphatic carbocycles. The van der Waals surface area contributed by atoms with Crippen LogP contribution in [0.1, 0.15) is 25.7 Å². The maximum Gasteiger partial charge on any atom is 0.243 e. The predicted octanol–water partition coefficient (Wildman–Crippen LogP) is 2.93. The molecule has 1 atom stereocenters. The summed E-state index contributed by atoms with van der Waals surface area (Å²) < 4.78 is 40.6. The Hall–Kier alpha value is -0.400. The summed E-state index contributed by atoms with van der Waals surface area (Å²) >= 11 is 11.7. The predicted molar refractivity (Wildman–Crippen MR) is 81.5 cm³/mol. The third-order valence-electron chi connectivity index (χ3n) is 3.76. The molecule has 1 aromatic rings. The Balaban J connectivity index is 2.29. The summed E-state index contributed by atoms with van der Waals surface area (Å²) in [4.78, 5) is -0.302. The SMILES string of the molecule is NCC(NS(=O)(=O)c1c(Cl)cc(F)cc1Cl)C1CCCC1. The van der Waals surface area contributed by atoms with Crippen LogP contribution in [0.5, 0.6) is 0 Å². The van der Waals surface area contributed by atoms with Gasteiger partial charge in [-0.25, -0.2) is 17.5 Å². The lowest BCUT2D eigenvalue weighted by atomic mass is 9.99. The van der Waals surface area contributed by atoms with Gasteiger partial charge in [0.05, 0.1) is 10.0 Å². The van der Waals surface area contributed by atoms with Gasteiger partial charge >= 0.3 is 0 Å². The van der Waals surface area contributed by atoms with Gasteiger partial charge in [-0.2, -0.15) is 0 Å². The highest BCUT2D eigenvalue weighted by atomic mass is 35.5. The average Bonchev–Trinajstić information content (AvgIpc) is 2.87. The molecule has 1 fully saturated rings. The normalized spacial score (nSPS) is 18.1. The summed E-state index contributed by atoms with van der Waals surface area (Å²) in [5, 5.41) is -0.482. The van der Waals surface area contributed by atoms with Crippen LogP contribution in [0.2, 0.25) is 10.0 Å². The van der Waals surface area contributed by atoms with Gasteiger partial charge < -0.3 is 5.73 Å². The minimum Gasteiger partial charge on any atom is -0.329 e. The lowest BCUT2D eigenvalue weighted by Crippen LogP contribution is -2.44. The zero-order valence-corrected chi connectivity index (χ0v) is 13.6. The molecule has 0 aliphatic heterocycles. The van der Waals surface area contributed by atoms with Gasteiger partial charge in [-0.05, 0) is 30.9 Å². The maximum atomic E-state index is 13.2. The molecule has 3 N–H and O–H groups in total. The number of nitrogens with one attached hydrogen (secondary N) is 1. The van der Waals surface area contributed by atoms with Crippen LogP contribution in [-0.2, 0) is 10.0 Å². The Labute approximate surface area is 133 Å². The van der Waals surface area contributed by atoms with Crippen LogP contribution < -0.4 is 10.5 Å². The molecule has 1 aliphatic rings. The first-order valence-corrected chi connectivity index (χ1v) is 8.96. The molecule has 0 aromatic heterocycles. The van der Waals surface area contributed by atoms with E-state index in [4.69, 9.17) is 28.9 Å². The van der Waals surface area contributed by atoms with Gasteiger partial charge in [-0.15, -0.1) is 0 Å². The standard InChI is InChI=1S/C13H17Cl2FN2O2S/c14-10-5-9(16)6-11(15)13(10)21(19,20)18-12(7-17)8-3-1-2-4-8/h5-6,8,12,18H,1-4,7,17H2. The monoisotopic (exact) mass is 354 g/mol. The highest BCUT2D eigenvalue weighted by Crippen LogP contribution is 2.32. The number of benzene rings is 1. The first-order chi connectivity index (χ1) is 9.85. The van der Waals surface area contributed by atoms with E-state index in [-0.39, 0.29) is 33.4 Å². The molecule has 0 spiro atoms. The van der Waals surface area contributed by atoms with Crippen molar-refractivity contribution in [1.82, 2.24) is 4.72 Å². The lowest BCUT2D eigenvalue weighted by Gasteiger charge is -2.23. The van der Waals surface area contributed by atoms with Crippen LogP contribution in [0.25, 0.3) is 0 Å². The largest absolute Gasteiger partial charge is 0.329 e. The zero-order chi connectivity index (χ0) is 15.6. The third-order valence-corrected chi connectivity index (χ3v) is 6.17. The summed E-state index contributed by atoms with van der Waals surface area (Å²) in [7, 11) is -3.95. The van der Waals surface area contributed by atoms with Crippen molar-refractivity contribution in [2.45, 2.75) is 36.6 Å². The number of hydrogen-bond acceptors (Lipinski definition) is 3. The minimum atomic E-state index is -3.95. The Bertz CT molecular complexity index is 596. The molecular formula is C13H17Cl2FN2O2S. The first kappa shape index (κ1) is 17.0. The molecule has 4 nitrogen and oxygen atoms in total. The lowest BCUT2D eigenvalue weighted by molar-refractivity contribution is 0.405. The highest BCUT2D eigenvalue weighted by Gasteiger charge is 2.30. The second-order valence-electron chi connectivity index (χ2n) is 5.21. The molecule has 0 amide bonds. The molecule has 21 heavy (non-hydrogen) atoms. The maximum absolute atomic E-state index is 13.2. The second-order valence-corrected chi connectivity index (χ2v) is 7.67. The van der Waals surface area contributed by atoms with Crippen molar-refractivity contribution in [2.24, 2.45) is 11.7 Å². The Morgan fingerprint density at radius 2 is 1.81 bits per heavy atom. The van der Waals surface area contributed by atoms with Gasteiger partial charge in [0, 0.05) is 12.6 Å². The van der Waals surface area contributed by atoms with Crippen molar-refractivity contribution in [2.75, 3.05) is 6.54 Å². The molecule has 0 bridgehead atoms. The molecule has 1 unspecified atom stereocenters. The van der Waals surface area contributed by atoms with Crippen molar-refractivity contribution in [1.29, 1.82) is 0 Å².